The van der Waals surface area contributed by atoms with E-state index >= 15 is 0 Å². The van der Waals surface area contributed by atoms with Gasteiger partial charge in [0.1, 0.15) is 5.75 Å². The highest BCUT2D eigenvalue weighted by molar-refractivity contribution is 5.29. The second kappa shape index (κ2) is 6.40. The SMILES string of the molecule is COc1cccc(C(O)CC2CC(C)CCC2O)c1. The molecule has 0 saturated heterocycles. The standard InChI is InChI=1S/C16H24O3/c1-11-6-7-15(17)13(8-11)10-16(18)12-4-3-5-14(9-12)19-2/h3-5,9,11,13,15-18H,6-8,10H2,1-2H3. The maximum Gasteiger partial charge on any atom is 0.119 e. The minimum atomic E-state index is -0.528. The van der Waals surface area contributed by atoms with Gasteiger partial charge in [-0.2, -0.15) is 0 Å². The van der Waals surface area contributed by atoms with Crippen LogP contribution in [0.5, 0.6) is 5.75 Å². The molecule has 19 heavy (non-hydrogen) atoms. The highest BCUT2D eigenvalue weighted by Gasteiger charge is 2.29. The number of aliphatic hydroxyl groups excluding tert-OH is 2. The molecule has 0 spiro atoms. The molecule has 4 unspecified atom stereocenters. The van der Waals surface area contributed by atoms with E-state index in [9.17, 15) is 10.2 Å². The van der Waals surface area contributed by atoms with E-state index in [-0.39, 0.29) is 12.0 Å². The predicted molar refractivity (Wildman–Crippen MR) is 75.1 cm³/mol. The van der Waals surface area contributed by atoms with E-state index in [2.05, 4.69) is 6.92 Å². The third-order valence-corrected chi connectivity index (χ3v) is 4.21. The molecule has 0 heterocycles. The van der Waals surface area contributed by atoms with Gasteiger partial charge in [-0.25, -0.2) is 0 Å². The number of rotatable bonds is 4. The van der Waals surface area contributed by atoms with Crippen LogP contribution in [0.25, 0.3) is 0 Å². The topological polar surface area (TPSA) is 49.7 Å². The van der Waals surface area contributed by atoms with Crippen molar-refractivity contribution in [2.24, 2.45) is 11.8 Å². The van der Waals surface area contributed by atoms with Gasteiger partial charge in [0.2, 0.25) is 0 Å². The van der Waals surface area contributed by atoms with Gasteiger partial charge in [0.25, 0.3) is 0 Å². The zero-order valence-electron chi connectivity index (χ0n) is 11.7. The van der Waals surface area contributed by atoms with Crippen molar-refractivity contribution in [3.8, 4) is 5.75 Å². The van der Waals surface area contributed by atoms with Crippen molar-refractivity contribution in [3.05, 3.63) is 29.8 Å². The molecule has 0 bridgehead atoms. The summed E-state index contributed by atoms with van der Waals surface area (Å²) in [5.41, 5.74) is 0.866. The van der Waals surface area contributed by atoms with Crippen LogP contribution in [0.2, 0.25) is 0 Å². The third kappa shape index (κ3) is 3.71. The average Bonchev–Trinajstić information content (AvgIpc) is 2.43. The monoisotopic (exact) mass is 264 g/mol. The minimum Gasteiger partial charge on any atom is -0.497 e. The number of ether oxygens (including phenoxy) is 1. The van der Waals surface area contributed by atoms with Crippen LogP contribution in [-0.4, -0.2) is 23.4 Å². The fraction of sp³-hybridized carbons (Fsp3) is 0.625. The lowest BCUT2D eigenvalue weighted by Crippen LogP contribution is -2.29. The second-order valence-electron chi connectivity index (χ2n) is 5.77. The number of hydrogen-bond acceptors (Lipinski definition) is 3. The Kier molecular flexibility index (Phi) is 4.83. The predicted octanol–water partition coefficient (Wildman–Crippen LogP) is 2.92. The molecule has 2 rings (SSSR count). The van der Waals surface area contributed by atoms with E-state index in [0.29, 0.717) is 12.3 Å². The van der Waals surface area contributed by atoms with Gasteiger partial charge in [-0.1, -0.05) is 19.1 Å². The van der Waals surface area contributed by atoms with Gasteiger partial charge in [-0.05, 0) is 55.2 Å². The first-order valence-corrected chi connectivity index (χ1v) is 7.10. The summed E-state index contributed by atoms with van der Waals surface area (Å²) in [7, 11) is 1.62. The average molecular weight is 264 g/mol. The van der Waals surface area contributed by atoms with Crippen LogP contribution in [0.1, 0.15) is 44.3 Å². The Bertz CT molecular complexity index is 405. The van der Waals surface area contributed by atoms with Gasteiger partial charge in [0.15, 0.2) is 0 Å². The van der Waals surface area contributed by atoms with Crippen LogP contribution < -0.4 is 4.74 Å². The Morgan fingerprint density at radius 3 is 2.89 bits per heavy atom. The van der Waals surface area contributed by atoms with Crippen LogP contribution in [0.15, 0.2) is 24.3 Å². The van der Waals surface area contributed by atoms with Crippen molar-refractivity contribution < 1.29 is 14.9 Å². The van der Waals surface area contributed by atoms with E-state index in [4.69, 9.17) is 4.74 Å². The van der Waals surface area contributed by atoms with Crippen molar-refractivity contribution in [3.63, 3.8) is 0 Å². The Labute approximate surface area is 115 Å². The molecule has 1 aromatic rings. The zero-order chi connectivity index (χ0) is 13.8. The summed E-state index contributed by atoms with van der Waals surface area (Å²) in [5, 5.41) is 20.4. The van der Waals surface area contributed by atoms with Crippen molar-refractivity contribution in [1.82, 2.24) is 0 Å². The van der Waals surface area contributed by atoms with Gasteiger partial charge >= 0.3 is 0 Å². The van der Waals surface area contributed by atoms with E-state index in [1.54, 1.807) is 7.11 Å². The van der Waals surface area contributed by atoms with E-state index in [0.717, 1.165) is 30.6 Å². The molecule has 4 atom stereocenters. The molecule has 3 nitrogen and oxygen atoms in total. The Hall–Kier alpha value is -1.06. The highest BCUT2D eigenvalue weighted by Crippen LogP contribution is 2.35. The molecule has 2 N–H and O–H groups in total. The smallest absolute Gasteiger partial charge is 0.119 e. The highest BCUT2D eigenvalue weighted by atomic mass is 16.5. The first-order valence-electron chi connectivity index (χ1n) is 7.10. The van der Waals surface area contributed by atoms with Gasteiger partial charge in [0.05, 0.1) is 19.3 Å². The van der Waals surface area contributed by atoms with Crippen LogP contribution in [-0.2, 0) is 0 Å². The molecule has 0 aromatic heterocycles. The van der Waals surface area contributed by atoms with Crippen LogP contribution in [0, 0.1) is 11.8 Å². The summed E-state index contributed by atoms with van der Waals surface area (Å²) in [5.74, 6) is 1.60. The molecular weight excluding hydrogens is 240 g/mol. The molecule has 0 radical (unpaired) electrons. The fourth-order valence-corrected chi connectivity index (χ4v) is 3.01. The van der Waals surface area contributed by atoms with Crippen LogP contribution in [0.4, 0.5) is 0 Å². The largest absolute Gasteiger partial charge is 0.497 e. The number of hydrogen-bond donors (Lipinski definition) is 2. The summed E-state index contributed by atoms with van der Waals surface area (Å²) in [4.78, 5) is 0. The minimum absolute atomic E-state index is 0.199. The summed E-state index contributed by atoms with van der Waals surface area (Å²) in [6, 6.07) is 7.53. The molecule has 1 aliphatic carbocycles. The molecule has 1 aliphatic rings. The molecular formula is C16H24O3. The molecule has 3 heteroatoms. The number of methoxy groups -OCH3 is 1. The van der Waals surface area contributed by atoms with Crippen molar-refractivity contribution >= 4 is 0 Å². The Balaban J connectivity index is 2.01. The van der Waals surface area contributed by atoms with Gasteiger partial charge in [-0.15, -0.1) is 0 Å². The fourth-order valence-electron chi connectivity index (χ4n) is 3.01. The lowest BCUT2D eigenvalue weighted by atomic mass is 9.77. The summed E-state index contributed by atoms with van der Waals surface area (Å²) in [6.45, 7) is 2.22. The van der Waals surface area contributed by atoms with Gasteiger partial charge in [-0.3, -0.25) is 0 Å². The van der Waals surface area contributed by atoms with E-state index in [1.165, 1.54) is 0 Å². The maximum atomic E-state index is 10.3. The summed E-state index contributed by atoms with van der Waals surface area (Å²) < 4.78 is 5.17. The van der Waals surface area contributed by atoms with Crippen LogP contribution in [0.3, 0.4) is 0 Å². The lowest BCUT2D eigenvalue weighted by molar-refractivity contribution is 0.0193. The van der Waals surface area contributed by atoms with Crippen LogP contribution >= 0.6 is 0 Å². The quantitative estimate of drug-likeness (QED) is 0.879. The third-order valence-electron chi connectivity index (χ3n) is 4.21. The zero-order valence-corrected chi connectivity index (χ0v) is 11.7. The first kappa shape index (κ1) is 14.4. The summed E-state index contributed by atoms with van der Waals surface area (Å²) in [6.07, 6.45) is 2.78. The van der Waals surface area contributed by atoms with E-state index < -0.39 is 6.10 Å². The molecule has 1 aromatic carbocycles. The second-order valence-corrected chi connectivity index (χ2v) is 5.77. The molecule has 1 saturated carbocycles. The normalized spacial score (nSPS) is 28.9. The van der Waals surface area contributed by atoms with Crippen molar-refractivity contribution in [2.45, 2.75) is 44.8 Å². The number of benzene rings is 1. The Morgan fingerprint density at radius 1 is 1.37 bits per heavy atom. The van der Waals surface area contributed by atoms with Crippen molar-refractivity contribution in [2.75, 3.05) is 7.11 Å². The summed E-state index contributed by atoms with van der Waals surface area (Å²) >= 11 is 0. The van der Waals surface area contributed by atoms with Gasteiger partial charge in [0, 0.05) is 0 Å². The first-order chi connectivity index (χ1) is 9.10. The van der Waals surface area contributed by atoms with E-state index in [1.807, 2.05) is 24.3 Å². The van der Waals surface area contributed by atoms with Gasteiger partial charge < -0.3 is 14.9 Å². The Morgan fingerprint density at radius 2 is 2.16 bits per heavy atom. The lowest BCUT2D eigenvalue weighted by Gasteiger charge is -2.33. The molecule has 1 fully saturated rings. The maximum absolute atomic E-state index is 10.3. The molecule has 0 amide bonds. The van der Waals surface area contributed by atoms with Crippen molar-refractivity contribution in [1.29, 1.82) is 0 Å². The molecule has 0 aliphatic heterocycles. The number of aliphatic hydroxyl groups is 2. The molecule has 106 valence electrons.